The summed E-state index contributed by atoms with van der Waals surface area (Å²) >= 11 is 0. The molecule has 1 nitrogen and oxygen atoms in total. The highest BCUT2D eigenvalue weighted by molar-refractivity contribution is 5.82. The zero-order chi connectivity index (χ0) is 11.9. The maximum Gasteiger partial charge on any atom is 0.398 e. The summed E-state index contributed by atoms with van der Waals surface area (Å²) in [6.07, 6.45) is -3.73. The molecule has 1 aliphatic rings. The number of alkyl halides is 3. The standard InChI is InChI=1S/C11H17F3O/c1-10(2,3)7-4-5-9(15)8(6-7)11(12,13)14/h7-8H,4-6H2,1-3H3/t7-,8-/m1/s1. The molecule has 1 aliphatic carbocycles. The Morgan fingerprint density at radius 3 is 2.13 bits per heavy atom. The highest BCUT2D eigenvalue weighted by atomic mass is 19.4. The second kappa shape index (κ2) is 3.80. The van der Waals surface area contributed by atoms with Gasteiger partial charge in [-0.2, -0.15) is 13.2 Å². The molecule has 0 bridgehead atoms. The van der Waals surface area contributed by atoms with Gasteiger partial charge >= 0.3 is 6.18 Å². The van der Waals surface area contributed by atoms with Crippen molar-refractivity contribution >= 4 is 5.78 Å². The molecule has 1 rings (SSSR count). The largest absolute Gasteiger partial charge is 0.398 e. The smallest absolute Gasteiger partial charge is 0.299 e. The molecule has 0 saturated heterocycles. The number of hydrogen-bond acceptors (Lipinski definition) is 1. The molecule has 88 valence electrons. The third-order valence-corrected chi connectivity index (χ3v) is 3.27. The number of Topliss-reactive ketones (excluding diaryl/α,β-unsaturated/α-hetero) is 1. The number of ketones is 1. The highest BCUT2D eigenvalue weighted by Gasteiger charge is 2.48. The summed E-state index contributed by atoms with van der Waals surface area (Å²) in [6, 6.07) is 0. The topological polar surface area (TPSA) is 17.1 Å². The first-order chi connectivity index (χ1) is 6.62. The van der Waals surface area contributed by atoms with E-state index in [2.05, 4.69) is 0 Å². The van der Waals surface area contributed by atoms with Crippen LogP contribution in [0, 0.1) is 17.3 Å². The lowest BCUT2D eigenvalue weighted by Crippen LogP contribution is -2.39. The molecule has 0 aromatic carbocycles. The van der Waals surface area contributed by atoms with Crippen LogP contribution in [0.5, 0.6) is 0 Å². The van der Waals surface area contributed by atoms with Crippen LogP contribution < -0.4 is 0 Å². The average molecular weight is 222 g/mol. The van der Waals surface area contributed by atoms with Crippen molar-refractivity contribution in [3.63, 3.8) is 0 Å². The van der Waals surface area contributed by atoms with Gasteiger partial charge in [0.2, 0.25) is 0 Å². The summed E-state index contributed by atoms with van der Waals surface area (Å²) in [5.41, 5.74) is -0.149. The monoisotopic (exact) mass is 222 g/mol. The van der Waals surface area contributed by atoms with Crippen LogP contribution in [0.25, 0.3) is 0 Å². The fourth-order valence-electron chi connectivity index (χ4n) is 2.13. The van der Waals surface area contributed by atoms with E-state index in [0.29, 0.717) is 6.42 Å². The third kappa shape index (κ3) is 2.95. The van der Waals surface area contributed by atoms with Gasteiger partial charge in [0, 0.05) is 6.42 Å². The van der Waals surface area contributed by atoms with Crippen molar-refractivity contribution in [2.75, 3.05) is 0 Å². The number of carbonyl (C=O) groups is 1. The Labute approximate surface area is 88.0 Å². The molecular weight excluding hydrogens is 205 g/mol. The summed E-state index contributed by atoms with van der Waals surface area (Å²) in [5.74, 6) is -2.37. The molecular formula is C11H17F3O. The van der Waals surface area contributed by atoms with Crippen molar-refractivity contribution in [1.29, 1.82) is 0 Å². The van der Waals surface area contributed by atoms with Crippen LogP contribution in [0.4, 0.5) is 13.2 Å². The first-order valence-electron chi connectivity index (χ1n) is 5.22. The lowest BCUT2D eigenvalue weighted by Gasteiger charge is -2.37. The van der Waals surface area contributed by atoms with Crippen molar-refractivity contribution in [2.24, 2.45) is 17.3 Å². The predicted molar refractivity (Wildman–Crippen MR) is 51.3 cm³/mol. The minimum absolute atomic E-state index is 0.0122. The lowest BCUT2D eigenvalue weighted by atomic mass is 9.68. The van der Waals surface area contributed by atoms with Crippen molar-refractivity contribution in [2.45, 2.75) is 46.2 Å². The Kier molecular flexibility index (Phi) is 3.17. The minimum atomic E-state index is -4.36. The van der Waals surface area contributed by atoms with E-state index in [4.69, 9.17) is 0 Å². The molecule has 0 N–H and O–H groups in total. The summed E-state index contributed by atoms with van der Waals surface area (Å²) in [5, 5.41) is 0. The van der Waals surface area contributed by atoms with Crippen LogP contribution in [0.3, 0.4) is 0 Å². The van der Waals surface area contributed by atoms with Crippen molar-refractivity contribution in [1.82, 2.24) is 0 Å². The molecule has 15 heavy (non-hydrogen) atoms. The zero-order valence-electron chi connectivity index (χ0n) is 9.32. The molecule has 4 heteroatoms. The number of rotatable bonds is 0. The second-order valence-electron chi connectivity index (χ2n) is 5.40. The van der Waals surface area contributed by atoms with E-state index in [1.165, 1.54) is 0 Å². The van der Waals surface area contributed by atoms with E-state index in [0.717, 1.165) is 0 Å². The van der Waals surface area contributed by atoms with Crippen LogP contribution in [0.15, 0.2) is 0 Å². The van der Waals surface area contributed by atoms with E-state index in [9.17, 15) is 18.0 Å². The molecule has 0 amide bonds. The van der Waals surface area contributed by atoms with Gasteiger partial charge in [-0.05, 0) is 24.2 Å². The Balaban J connectivity index is 2.78. The van der Waals surface area contributed by atoms with Crippen LogP contribution in [-0.2, 0) is 4.79 Å². The van der Waals surface area contributed by atoms with Gasteiger partial charge in [0.05, 0.1) is 0 Å². The number of carbonyl (C=O) groups excluding carboxylic acids is 1. The van der Waals surface area contributed by atoms with E-state index in [1.807, 2.05) is 20.8 Å². The van der Waals surface area contributed by atoms with Crippen LogP contribution in [0.2, 0.25) is 0 Å². The normalized spacial score (nSPS) is 29.3. The van der Waals surface area contributed by atoms with Crippen molar-refractivity contribution < 1.29 is 18.0 Å². The van der Waals surface area contributed by atoms with Crippen molar-refractivity contribution in [3.8, 4) is 0 Å². The first kappa shape index (κ1) is 12.5. The molecule has 0 aromatic heterocycles. The molecule has 2 atom stereocenters. The Morgan fingerprint density at radius 2 is 1.73 bits per heavy atom. The predicted octanol–water partition coefficient (Wildman–Crippen LogP) is 3.58. The Hall–Kier alpha value is -0.540. The minimum Gasteiger partial charge on any atom is -0.299 e. The molecule has 0 unspecified atom stereocenters. The van der Waals surface area contributed by atoms with E-state index >= 15 is 0 Å². The van der Waals surface area contributed by atoms with Gasteiger partial charge in [0.1, 0.15) is 11.7 Å². The first-order valence-corrected chi connectivity index (χ1v) is 5.22. The third-order valence-electron chi connectivity index (χ3n) is 3.27. The molecule has 0 aliphatic heterocycles. The average Bonchev–Trinajstić information content (AvgIpc) is 2.00. The van der Waals surface area contributed by atoms with E-state index in [-0.39, 0.29) is 24.2 Å². The Bertz CT molecular complexity index is 250. The molecule has 1 saturated carbocycles. The van der Waals surface area contributed by atoms with Gasteiger partial charge in [0.15, 0.2) is 0 Å². The van der Waals surface area contributed by atoms with Gasteiger partial charge in [-0.3, -0.25) is 4.79 Å². The van der Waals surface area contributed by atoms with Gasteiger partial charge in [-0.25, -0.2) is 0 Å². The molecule has 1 fully saturated rings. The van der Waals surface area contributed by atoms with E-state index in [1.54, 1.807) is 0 Å². The SMILES string of the molecule is CC(C)(C)[C@@H]1CCC(=O)[C@H](C(F)(F)F)C1. The van der Waals surface area contributed by atoms with E-state index < -0.39 is 17.9 Å². The van der Waals surface area contributed by atoms with Gasteiger partial charge < -0.3 is 0 Å². The fourth-order valence-corrected chi connectivity index (χ4v) is 2.13. The maximum absolute atomic E-state index is 12.5. The number of halogens is 3. The second-order valence-corrected chi connectivity index (χ2v) is 5.40. The van der Waals surface area contributed by atoms with Crippen LogP contribution in [-0.4, -0.2) is 12.0 Å². The summed E-state index contributed by atoms with van der Waals surface area (Å²) in [6.45, 7) is 5.79. The quantitative estimate of drug-likeness (QED) is 0.612. The fraction of sp³-hybridized carbons (Fsp3) is 0.909. The van der Waals surface area contributed by atoms with Crippen LogP contribution in [0.1, 0.15) is 40.0 Å². The molecule has 0 aromatic rings. The highest BCUT2D eigenvalue weighted by Crippen LogP contribution is 2.44. The molecule has 0 radical (unpaired) electrons. The Morgan fingerprint density at radius 1 is 1.20 bits per heavy atom. The molecule has 0 heterocycles. The van der Waals surface area contributed by atoms with Gasteiger partial charge in [-0.1, -0.05) is 20.8 Å². The number of hydrogen-bond donors (Lipinski definition) is 0. The lowest BCUT2D eigenvalue weighted by molar-refractivity contribution is -0.190. The summed E-state index contributed by atoms with van der Waals surface area (Å²) in [4.78, 5) is 11.2. The zero-order valence-corrected chi connectivity index (χ0v) is 9.32. The van der Waals surface area contributed by atoms with Gasteiger partial charge in [0.25, 0.3) is 0 Å². The van der Waals surface area contributed by atoms with Gasteiger partial charge in [-0.15, -0.1) is 0 Å². The summed E-state index contributed by atoms with van der Waals surface area (Å²) < 4.78 is 37.6. The van der Waals surface area contributed by atoms with Crippen LogP contribution >= 0.6 is 0 Å². The summed E-state index contributed by atoms with van der Waals surface area (Å²) in [7, 11) is 0. The van der Waals surface area contributed by atoms with Crippen molar-refractivity contribution in [3.05, 3.63) is 0 Å². The molecule has 0 spiro atoms. The maximum atomic E-state index is 12.5.